The Morgan fingerprint density at radius 2 is 1.84 bits per heavy atom. The van der Waals surface area contributed by atoms with Gasteiger partial charge in [0.05, 0.1) is 4.90 Å². The van der Waals surface area contributed by atoms with Crippen molar-refractivity contribution >= 4 is 22.0 Å². The Kier molecular flexibility index (Phi) is 7.75. The number of alkyl halides is 2. The summed E-state index contributed by atoms with van der Waals surface area (Å²) in [5.41, 5.74) is 0.980. The first-order chi connectivity index (χ1) is 14.9. The molecule has 166 valence electrons. The first-order valence-corrected chi connectivity index (χ1v) is 11.4. The maximum atomic E-state index is 12.8. The SMILES string of the molecule is O=C(C=Cc1ccccc1OC(F)F)NCc1cccc(S(=O)(=O)N2CCCCC2)c1. The number of nitrogens with one attached hydrogen (secondary N) is 1. The van der Waals surface area contributed by atoms with Gasteiger partial charge in [-0.1, -0.05) is 36.8 Å². The van der Waals surface area contributed by atoms with Crippen LogP contribution in [0.3, 0.4) is 0 Å². The molecule has 3 rings (SSSR count). The van der Waals surface area contributed by atoms with E-state index in [0.29, 0.717) is 24.2 Å². The molecule has 1 aliphatic rings. The van der Waals surface area contributed by atoms with Crippen molar-refractivity contribution in [1.82, 2.24) is 9.62 Å². The van der Waals surface area contributed by atoms with Gasteiger partial charge < -0.3 is 10.1 Å². The van der Waals surface area contributed by atoms with Gasteiger partial charge in [0.15, 0.2) is 0 Å². The molecule has 9 heteroatoms. The fourth-order valence-electron chi connectivity index (χ4n) is 3.31. The van der Waals surface area contributed by atoms with Gasteiger partial charge >= 0.3 is 6.61 Å². The molecule has 0 atom stereocenters. The molecule has 0 spiro atoms. The van der Waals surface area contributed by atoms with Gasteiger partial charge in [0.25, 0.3) is 0 Å². The summed E-state index contributed by atoms with van der Waals surface area (Å²) in [6.07, 6.45) is 5.33. The molecule has 2 aromatic rings. The van der Waals surface area contributed by atoms with E-state index in [4.69, 9.17) is 0 Å². The van der Waals surface area contributed by atoms with Crippen molar-refractivity contribution in [3.63, 3.8) is 0 Å². The van der Waals surface area contributed by atoms with E-state index in [1.807, 2.05) is 0 Å². The molecule has 1 amide bonds. The lowest BCUT2D eigenvalue weighted by Crippen LogP contribution is -2.35. The molecule has 1 fully saturated rings. The predicted octanol–water partition coefficient (Wildman–Crippen LogP) is 3.79. The van der Waals surface area contributed by atoms with Gasteiger partial charge in [-0.3, -0.25) is 4.79 Å². The number of sulfonamides is 1. The largest absolute Gasteiger partial charge is 0.434 e. The predicted molar refractivity (Wildman–Crippen MR) is 113 cm³/mol. The van der Waals surface area contributed by atoms with Crippen molar-refractivity contribution in [2.45, 2.75) is 37.3 Å². The van der Waals surface area contributed by atoms with Gasteiger partial charge in [-0.2, -0.15) is 13.1 Å². The number of carbonyl (C=O) groups excluding carboxylic acids is 1. The molecule has 1 aliphatic heterocycles. The lowest BCUT2D eigenvalue weighted by Gasteiger charge is -2.26. The molecule has 0 saturated carbocycles. The van der Waals surface area contributed by atoms with Crippen LogP contribution >= 0.6 is 0 Å². The van der Waals surface area contributed by atoms with Crippen molar-refractivity contribution in [1.29, 1.82) is 0 Å². The molecule has 0 unspecified atom stereocenters. The molecule has 0 aliphatic carbocycles. The lowest BCUT2D eigenvalue weighted by atomic mass is 10.2. The Hall–Kier alpha value is -2.78. The van der Waals surface area contributed by atoms with Gasteiger partial charge in [-0.05, 0) is 42.7 Å². The molecular formula is C22H24F2N2O4S. The van der Waals surface area contributed by atoms with Crippen LogP contribution < -0.4 is 10.1 Å². The summed E-state index contributed by atoms with van der Waals surface area (Å²) in [5, 5.41) is 2.66. The number of piperidine rings is 1. The summed E-state index contributed by atoms with van der Waals surface area (Å²) in [7, 11) is -3.55. The quantitative estimate of drug-likeness (QED) is 0.621. The monoisotopic (exact) mass is 450 g/mol. The van der Waals surface area contributed by atoms with Crippen LogP contribution in [0.15, 0.2) is 59.5 Å². The summed E-state index contributed by atoms with van der Waals surface area (Å²) in [6.45, 7) is -1.80. The zero-order valence-electron chi connectivity index (χ0n) is 16.8. The van der Waals surface area contributed by atoms with Crippen LogP contribution in [0.1, 0.15) is 30.4 Å². The number of hydrogen-bond donors (Lipinski definition) is 1. The topological polar surface area (TPSA) is 75.7 Å². The molecule has 0 bridgehead atoms. The van der Waals surface area contributed by atoms with Crippen molar-refractivity contribution in [2.24, 2.45) is 0 Å². The Balaban J connectivity index is 1.62. The summed E-state index contributed by atoms with van der Waals surface area (Å²) in [4.78, 5) is 12.3. The Bertz CT molecular complexity index is 1040. The molecule has 0 radical (unpaired) electrons. The standard InChI is InChI=1S/C22H24F2N2O4S/c23-22(24)30-20-10-3-2-8-18(20)11-12-21(27)25-16-17-7-6-9-19(15-17)31(28,29)26-13-4-1-5-14-26/h2-3,6-12,15,22H,1,4-5,13-14,16H2,(H,25,27). The second-order valence-corrected chi connectivity index (χ2v) is 9.02. The molecule has 6 nitrogen and oxygen atoms in total. The van der Waals surface area contributed by atoms with E-state index in [1.54, 1.807) is 42.5 Å². The molecule has 1 heterocycles. The fraction of sp³-hybridized carbons (Fsp3) is 0.318. The van der Waals surface area contributed by atoms with Crippen LogP contribution in [-0.4, -0.2) is 38.3 Å². The zero-order valence-corrected chi connectivity index (χ0v) is 17.7. The highest BCUT2D eigenvalue weighted by Crippen LogP contribution is 2.22. The highest BCUT2D eigenvalue weighted by Gasteiger charge is 2.25. The minimum atomic E-state index is -3.55. The number of ether oxygens (including phenoxy) is 1. The van der Waals surface area contributed by atoms with Crippen molar-refractivity contribution in [2.75, 3.05) is 13.1 Å². The fourth-order valence-corrected chi connectivity index (χ4v) is 4.89. The van der Waals surface area contributed by atoms with E-state index in [9.17, 15) is 22.0 Å². The number of benzene rings is 2. The third-order valence-corrected chi connectivity index (χ3v) is 6.76. The Morgan fingerprint density at radius 3 is 2.58 bits per heavy atom. The molecule has 0 aromatic heterocycles. The number of rotatable bonds is 8. The van der Waals surface area contributed by atoms with Crippen molar-refractivity contribution in [3.05, 3.63) is 65.7 Å². The van der Waals surface area contributed by atoms with Crippen LogP contribution in [0.4, 0.5) is 8.78 Å². The summed E-state index contributed by atoms with van der Waals surface area (Å²) >= 11 is 0. The van der Waals surface area contributed by atoms with Gasteiger partial charge in [0.2, 0.25) is 15.9 Å². The van der Waals surface area contributed by atoms with Crippen LogP contribution in [0.2, 0.25) is 0 Å². The second-order valence-electron chi connectivity index (χ2n) is 7.08. The Morgan fingerprint density at radius 1 is 1.10 bits per heavy atom. The number of halogens is 2. The summed E-state index contributed by atoms with van der Waals surface area (Å²) < 4.78 is 56.5. The first-order valence-electron chi connectivity index (χ1n) is 9.95. The number of hydrogen-bond acceptors (Lipinski definition) is 4. The van der Waals surface area contributed by atoms with Gasteiger partial charge in [0.1, 0.15) is 5.75 Å². The zero-order chi connectivity index (χ0) is 22.3. The van der Waals surface area contributed by atoms with E-state index in [0.717, 1.165) is 19.3 Å². The van der Waals surface area contributed by atoms with E-state index < -0.39 is 22.5 Å². The van der Waals surface area contributed by atoms with Crippen LogP contribution in [-0.2, 0) is 21.4 Å². The van der Waals surface area contributed by atoms with Crippen LogP contribution in [0, 0.1) is 0 Å². The maximum absolute atomic E-state index is 12.8. The van der Waals surface area contributed by atoms with Crippen molar-refractivity contribution in [3.8, 4) is 5.75 Å². The lowest BCUT2D eigenvalue weighted by molar-refractivity contribution is -0.116. The molecule has 2 aromatic carbocycles. The number of nitrogens with zero attached hydrogens (tertiary/aromatic N) is 1. The number of amides is 1. The third kappa shape index (κ3) is 6.35. The first kappa shape index (κ1) is 22.9. The minimum Gasteiger partial charge on any atom is -0.434 e. The Labute approximate surface area is 180 Å². The van der Waals surface area contributed by atoms with Crippen LogP contribution in [0.5, 0.6) is 5.75 Å². The molecule has 1 N–H and O–H groups in total. The van der Waals surface area contributed by atoms with E-state index in [1.165, 1.54) is 22.5 Å². The highest BCUT2D eigenvalue weighted by atomic mass is 32.2. The van der Waals surface area contributed by atoms with E-state index >= 15 is 0 Å². The molecular weight excluding hydrogens is 426 g/mol. The number of carbonyl (C=O) groups is 1. The molecule has 31 heavy (non-hydrogen) atoms. The van der Waals surface area contributed by atoms with Gasteiger partial charge in [-0.15, -0.1) is 0 Å². The number of para-hydroxylation sites is 1. The van der Waals surface area contributed by atoms with E-state index in [2.05, 4.69) is 10.1 Å². The minimum absolute atomic E-state index is 0.0304. The van der Waals surface area contributed by atoms with Gasteiger partial charge in [-0.25, -0.2) is 8.42 Å². The highest BCUT2D eigenvalue weighted by molar-refractivity contribution is 7.89. The third-order valence-electron chi connectivity index (χ3n) is 4.87. The molecule has 1 saturated heterocycles. The smallest absolute Gasteiger partial charge is 0.387 e. The van der Waals surface area contributed by atoms with Gasteiger partial charge in [0, 0.05) is 31.3 Å². The summed E-state index contributed by atoms with van der Waals surface area (Å²) in [6, 6.07) is 12.6. The maximum Gasteiger partial charge on any atom is 0.387 e. The van der Waals surface area contributed by atoms with Crippen molar-refractivity contribution < 1.29 is 26.7 Å². The van der Waals surface area contributed by atoms with Crippen LogP contribution in [0.25, 0.3) is 6.08 Å². The second kappa shape index (κ2) is 10.5. The average Bonchev–Trinajstić information content (AvgIpc) is 2.77. The summed E-state index contributed by atoms with van der Waals surface area (Å²) in [5.74, 6) is -0.478. The normalized spacial score (nSPS) is 15.3. The average molecular weight is 451 g/mol. The van der Waals surface area contributed by atoms with E-state index in [-0.39, 0.29) is 17.2 Å².